The van der Waals surface area contributed by atoms with Gasteiger partial charge in [-0.2, -0.15) is 0 Å². The van der Waals surface area contributed by atoms with Crippen LogP contribution in [0.3, 0.4) is 0 Å². The highest BCUT2D eigenvalue weighted by molar-refractivity contribution is 5.29. The highest BCUT2D eigenvalue weighted by Crippen LogP contribution is 2.21. The van der Waals surface area contributed by atoms with E-state index in [1.807, 2.05) is 0 Å². The summed E-state index contributed by atoms with van der Waals surface area (Å²) in [5.41, 5.74) is 0.282. The number of ether oxygens (including phenoxy) is 2. The van der Waals surface area contributed by atoms with Gasteiger partial charge in [0.05, 0.1) is 12.7 Å². The summed E-state index contributed by atoms with van der Waals surface area (Å²) in [4.78, 5) is 0. The molecular weight excluding hydrogens is 211 g/mol. The van der Waals surface area contributed by atoms with Crippen molar-refractivity contribution in [2.75, 3.05) is 20.3 Å². The number of aliphatic hydroxyl groups is 1. The Bertz CT molecular complexity index is 326. The Hall–Kier alpha value is -1.13. The molecule has 1 N–H and O–H groups in total. The zero-order valence-corrected chi connectivity index (χ0v) is 9.57. The Labute approximate surface area is 94.8 Å². The molecule has 0 spiro atoms. The third-order valence-corrected chi connectivity index (χ3v) is 2.18. The lowest BCUT2D eigenvalue weighted by molar-refractivity contribution is 0.171. The number of rotatable bonds is 6. The first-order chi connectivity index (χ1) is 7.65. The smallest absolute Gasteiger partial charge is 0.132 e. The van der Waals surface area contributed by atoms with Gasteiger partial charge in [0.1, 0.15) is 11.6 Å². The fourth-order valence-electron chi connectivity index (χ4n) is 1.33. The molecule has 4 heteroatoms. The summed E-state index contributed by atoms with van der Waals surface area (Å²) in [7, 11) is 1.62. The normalized spacial score (nSPS) is 12.5. The maximum absolute atomic E-state index is 13.4. The molecule has 0 aromatic heterocycles. The van der Waals surface area contributed by atoms with Crippen LogP contribution in [0, 0.1) is 5.82 Å². The quantitative estimate of drug-likeness (QED) is 0.759. The van der Waals surface area contributed by atoms with Crippen LogP contribution in [-0.2, 0) is 4.74 Å². The zero-order valence-electron chi connectivity index (χ0n) is 9.57. The van der Waals surface area contributed by atoms with E-state index in [-0.39, 0.29) is 5.56 Å². The van der Waals surface area contributed by atoms with Gasteiger partial charge in [0.25, 0.3) is 0 Å². The van der Waals surface area contributed by atoms with E-state index >= 15 is 0 Å². The van der Waals surface area contributed by atoms with Crippen LogP contribution in [0.5, 0.6) is 5.75 Å². The summed E-state index contributed by atoms with van der Waals surface area (Å²) in [5, 5.41) is 9.24. The molecule has 1 aromatic rings. The molecule has 0 aliphatic heterocycles. The van der Waals surface area contributed by atoms with E-state index in [2.05, 4.69) is 0 Å². The fourth-order valence-corrected chi connectivity index (χ4v) is 1.33. The summed E-state index contributed by atoms with van der Waals surface area (Å²) in [6.07, 6.45) is -0.0430. The van der Waals surface area contributed by atoms with Crippen LogP contribution in [0.2, 0.25) is 0 Å². The Morgan fingerprint density at radius 1 is 1.38 bits per heavy atom. The first-order valence-electron chi connectivity index (χ1n) is 5.24. The lowest BCUT2D eigenvalue weighted by Crippen LogP contribution is -2.02. The Kier molecular flexibility index (Phi) is 5.22. The van der Waals surface area contributed by atoms with Gasteiger partial charge in [-0.25, -0.2) is 4.39 Å². The molecule has 1 aromatic carbocycles. The Morgan fingerprint density at radius 2 is 2.12 bits per heavy atom. The number of benzene rings is 1. The van der Waals surface area contributed by atoms with E-state index in [0.717, 1.165) is 6.42 Å². The molecule has 1 unspecified atom stereocenters. The van der Waals surface area contributed by atoms with Crippen molar-refractivity contribution in [3.63, 3.8) is 0 Å². The van der Waals surface area contributed by atoms with Crippen LogP contribution in [-0.4, -0.2) is 25.4 Å². The van der Waals surface area contributed by atoms with Gasteiger partial charge < -0.3 is 14.6 Å². The van der Waals surface area contributed by atoms with Gasteiger partial charge in [-0.05, 0) is 19.1 Å². The summed E-state index contributed by atoms with van der Waals surface area (Å²) in [6, 6.07) is 4.47. The molecule has 0 saturated heterocycles. The Morgan fingerprint density at radius 3 is 2.69 bits per heavy atom. The third kappa shape index (κ3) is 3.79. The minimum Gasteiger partial charge on any atom is -0.493 e. The van der Waals surface area contributed by atoms with Gasteiger partial charge in [-0.15, -0.1) is 0 Å². The lowest BCUT2D eigenvalue weighted by Gasteiger charge is -2.09. The molecule has 0 aliphatic carbocycles. The van der Waals surface area contributed by atoms with E-state index in [0.29, 0.717) is 19.0 Å². The molecule has 0 heterocycles. The molecule has 0 saturated carbocycles. The molecule has 0 amide bonds. The zero-order chi connectivity index (χ0) is 12.0. The summed E-state index contributed by atoms with van der Waals surface area (Å²) in [6.45, 7) is 2.63. The second-order valence-electron chi connectivity index (χ2n) is 3.55. The van der Waals surface area contributed by atoms with Crippen molar-refractivity contribution in [3.8, 4) is 5.75 Å². The van der Waals surface area contributed by atoms with Crippen LogP contribution in [0.25, 0.3) is 0 Å². The number of hydrogen-bond donors (Lipinski definition) is 1. The predicted molar refractivity (Wildman–Crippen MR) is 59.0 cm³/mol. The third-order valence-electron chi connectivity index (χ3n) is 2.18. The van der Waals surface area contributed by atoms with Crippen LogP contribution in [0.4, 0.5) is 4.39 Å². The van der Waals surface area contributed by atoms with Gasteiger partial charge in [-0.1, -0.05) is 0 Å². The number of hydrogen-bond acceptors (Lipinski definition) is 3. The van der Waals surface area contributed by atoms with Crippen molar-refractivity contribution >= 4 is 0 Å². The van der Waals surface area contributed by atoms with Gasteiger partial charge in [0, 0.05) is 31.8 Å². The van der Waals surface area contributed by atoms with Gasteiger partial charge in [-0.3, -0.25) is 0 Å². The topological polar surface area (TPSA) is 38.7 Å². The number of aliphatic hydroxyl groups excluding tert-OH is 1. The highest BCUT2D eigenvalue weighted by Gasteiger charge is 2.08. The SMILES string of the molecule is COCCCOc1ccc(C(C)O)c(F)c1. The van der Waals surface area contributed by atoms with Gasteiger partial charge in [0.15, 0.2) is 0 Å². The van der Waals surface area contributed by atoms with E-state index in [9.17, 15) is 9.50 Å². The monoisotopic (exact) mass is 228 g/mol. The van der Waals surface area contributed by atoms with Crippen molar-refractivity contribution in [1.82, 2.24) is 0 Å². The standard InChI is InChI=1S/C12H17FO3/c1-9(14)11-5-4-10(8-12(11)13)16-7-3-6-15-2/h4-5,8-9,14H,3,6-7H2,1-2H3. The summed E-state index contributed by atoms with van der Waals surface area (Å²) in [5.74, 6) is 0.0252. The number of halogens is 1. The first kappa shape index (κ1) is 12.9. The van der Waals surface area contributed by atoms with Crippen molar-refractivity contribution in [2.24, 2.45) is 0 Å². The maximum atomic E-state index is 13.4. The number of methoxy groups -OCH3 is 1. The second-order valence-corrected chi connectivity index (χ2v) is 3.55. The van der Waals surface area contributed by atoms with E-state index in [1.54, 1.807) is 13.2 Å². The Balaban J connectivity index is 2.53. The molecule has 0 fully saturated rings. The average Bonchev–Trinajstić information content (AvgIpc) is 2.24. The lowest BCUT2D eigenvalue weighted by atomic mass is 10.1. The molecule has 1 atom stereocenters. The molecule has 1 rings (SSSR count). The predicted octanol–water partition coefficient (Wildman–Crippen LogP) is 2.29. The van der Waals surface area contributed by atoms with Gasteiger partial charge >= 0.3 is 0 Å². The van der Waals surface area contributed by atoms with Crippen LogP contribution in [0.1, 0.15) is 25.0 Å². The van der Waals surface area contributed by atoms with Crippen LogP contribution >= 0.6 is 0 Å². The minimum atomic E-state index is -0.803. The van der Waals surface area contributed by atoms with Crippen molar-refractivity contribution in [2.45, 2.75) is 19.4 Å². The largest absolute Gasteiger partial charge is 0.493 e. The van der Waals surface area contributed by atoms with E-state index in [4.69, 9.17) is 9.47 Å². The minimum absolute atomic E-state index is 0.282. The van der Waals surface area contributed by atoms with Crippen LogP contribution in [0.15, 0.2) is 18.2 Å². The molecule has 0 aliphatic rings. The van der Waals surface area contributed by atoms with Crippen molar-refractivity contribution < 1.29 is 19.0 Å². The molecule has 3 nitrogen and oxygen atoms in total. The van der Waals surface area contributed by atoms with E-state index in [1.165, 1.54) is 19.1 Å². The van der Waals surface area contributed by atoms with E-state index < -0.39 is 11.9 Å². The molecular formula is C12H17FO3. The second kappa shape index (κ2) is 6.45. The highest BCUT2D eigenvalue weighted by atomic mass is 19.1. The maximum Gasteiger partial charge on any atom is 0.132 e. The van der Waals surface area contributed by atoms with Crippen molar-refractivity contribution in [3.05, 3.63) is 29.6 Å². The van der Waals surface area contributed by atoms with Crippen molar-refractivity contribution in [1.29, 1.82) is 0 Å². The van der Waals surface area contributed by atoms with Crippen LogP contribution < -0.4 is 4.74 Å². The molecule has 90 valence electrons. The molecule has 0 radical (unpaired) electrons. The first-order valence-corrected chi connectivity index (χ1v) is 5.24. The summed E-state index contributed by atoms with van der Waals surface area (Å²) >= 11 is 0. The molecule has 0 bridgehead atoms. The molecule has 16 heavy (non-hydrogen) atoms. The van der Waals surface area contributed by atoms with Gasteiger partial charge in [0.2, 0.25) is 0 Å². The average molecular weight is 228 g/mol. The fraction of sp³-hybridized carbons (Fsp3) is 0.500. The summed E-state index contributed by atoms with van der Waals surface area (Å²) < 4.78 is 23.6.